The molecule has 0 saturated carbocycles. The lowest BCUT2D eigenvalue weighted by atomic mass is 10.0. The first-order valence-corrected chi connectivity index (χ1v) is 14.0. The average Bonchev–Trinajstić information content (AvgIpc) is 3.56. The zero-order valence-corrected chi connectivity index (χ0v) is 23.4. The number of nitrogens with zero attached hydrogens (tertiary/aromatic N) is 4. The van der Waals surface area contributed by atoms with Crippen molar-refractivity contribution >= 4 is 44.3 Å². The molecule has 1 aliphatic rings. The van der Waals surface area contributed by atoms with Crippen LogP contribution in [0.4, 0.5) is 0 Å². The van der Waals surface area contributed by atoms with Gasteiger partial charge in [0.05, 0.1) is 27.2 Å². The van der Waals surface area contributed by atoms with Crippen LogP contribution in [-0.2, 0) is 9.53 Å². The fraction of sp³-hybridized carbons (Fsp3) is 0.226. The highest BCUT2D eigenvalue weighted by Gasteiger charge is 2.35. The van der Waals surface area contributed by atoms with Gasteiger partial charge in [-0.1, -0.05) is 24.8 Å². The van der Waals surface area contributed by atoms with Gasteiger partial charge in [-0.05, 0) is 55.0 Å². The van der Waals surface area contributed by atoms with Gasteiger partial charge < -0.3 is 19.5 Å². The van der Waals surface area contributed by atoms with E-state index in [1.807, 2.05) is 55.5 Å². The van der Waals surface area contributed by atoms with Gasteiger partial charge in [-0.15, -0.1) is 11.3 Å². The van der Waals surface area contributed by atoms with Gasteiger partial charge in [-0.3, -0.25) is 9.36 Å². The van der Waals surface area contributed by atoms with Crippen molar-refractivity contribution in [2.45, 2.75) is 19.4 Å². The van der Waals surface area contributed by atoms with E-state index in [2.05, 4.69) is 16.5 Å². The number of ether oxygens (including phenoxy) is 2. The molecule has 0 spiro atoms. The minimum Gasteiger partial charge on any atom is -0.511 e. The number of aliphatic hydroxyl groups excluding tert-OH is 1. The number of hydrogen-bond acceptors (Lipinski definition) is 8. The number of hydrogen-bond donors (Lipinski definition) is 1. The second-order valence-corrected chi connectivity index (χ2v) is 11.0. The van der Waals surface area contributed by atoms with Crippen LogP contribution in [0.3, 0.4) is 0 Å². The zero-order valence-electron chi connectivity index (χ0n) is 22.6. The molecule has 1 N–H and O–H groups in total. The Morgan fingerprint density at radius 1 is 1.17 bits per heavy atom. The number of methoxy groups -OCH3 is 1. The third kappa shape index (κ3) is 4.85. The first kappa shape index (κ1) is 26.7. The molecule has 1 saturated heterocycles. The molecule has 5 aromatic rings. The number of pyridine rings is 1. The van der Waals surface area contributed by atoms with Crippen molar-refractivity contribution in [2.75, 3.05) is 20.2 Å². The highest BCUT2D eigenvalue weighted by atomic mass is 32.1. The summed E-state index contributed by atoms with van der Waals surface area (Å²) in [5.74, 6) is 1.18. The molecule has 0 unspecified atom stereocenters. The standard InChI is InChI=1S/C31H28N4O5S/c1-4-26(37)34-16-19(25(17-34)39-3)15-24(36)29-28-27-23(12-13-32-30(27)41-29)35(31(38)33-28)22-11-10-21(14-18(22)2)40-20-8-6-5-7-9-20/h4-14,19,25,36H,1,15-17H2,2-3H3/t19-,25-/m0/s1. The number of aryl methyl sites for hydroxylation is 1. The quantitative estimate of drug-likeness (QED) is 0.288. The topological polar surface area (TPSA) is 107 Å². The van der Waals surface area contributed by atoms with Crippen LogP contribution in [0.15, 0.2) is 78.2 Å². The Morgan fingerprint density at radius 2 is 1.98 bits per heavy atom. The Morgan fingerprint density at radius 3 is 2.71 bits per heavy atom. The van der Waals surface area contributed by atoms with Crippen LogP contribution in [0.25, 0.3) is 32.7 Å². The predicted octanol–water partition coefficient (Wildman–Crippen LogP) is 4.53. The Labute approximate surface area is 239 Å². The normalized spacial score (nSPS) is 17.8. The van der Waals surface area contributed by atoms with Crippen molar-refractivity contribution in [3.05, 3.63) is 94.0 Å². The molecule has 0 radical (unpaired) electrons. The largest absolute Gasteiger partial charge is 0.511 e. The van der Waals surface area contributed by atoms with Crippen molar-refractivity contribution < 1.29 is 19.4 Å². The van der Waals surface area contributed by atoms with Gasteiger partial charge in [0.25, 0.3) is 0 Å². The van der Waals surface area contributed by atoms with E-state index < -0.39 is 5.69 Å². The fourth-order valence-electron chi connectivity index (χ4n) is 5.48. The molecule has 9 nitrogen and oxygen atoms in total. The van der Waals surface area contributed by atoms with E-state index in [0.717, 1.165) is 11.3 Å². The van der Waals surface area contributed by atoms with Gasteiger partial charge >= 0.3 is 5.69 Å². The third-order valence-corrected chi connectivity index (χ3v) is 8.60. The summed E-state index contributed by atoms with van der Waals surface area (Å²) < 4.78 is 13.6. The van der Waals surface area contributed by atoms with Gasteiger partial charge in [0, 0.05) is 38.7 Å². The highest BCUT2D eigenvalue weighted by molar-refractivity contribution is 7.17. The van der Waals surface area contributed by atoms with E-state index in [4.69, 9.17) is 9.47 Å². The van der Waals surface area contributed by atoms with Crippen LogP contribution >= 0.6 is 11.3 Å². The van der Waals surface area contributed by atoms with E-state index in [0.29, 0.717) is 50.3 Å². The number of benzene rings is 2. The molecule has 3 aromatic heterocycles. The third-order valence-electron chi connectivity index (χ3n) is 7.46. The molecule has 0 bridgehead atoms. The summed E-state index contributed by atoms with van der Waals surface area (Å²) in [5, 5.41) is 12.0. The molecule has 10 heteroatoms. The smallest absolute Gasteiger partial charge is 0.353 e. The van der Waals surface area contributed by atoms with Crippen LogP contribution < -0.4 is 15.0 Å². The van der Waals surface area contributed by atoms with Crippen LogP contribution in [0.1, 0.15) is 12.0 Å². The molecule has 0 aliphatic carbocycles. The maximum atomic E-state index is 13.5. The molecule has 1 amide bonds. The number of para-hydroxylation sites is 1. The number of aliphatic hydroxyl groups is 1. The lowest BCUT2D eigenvalue weighted by Crippen LogP contribution is -2.28. The molecule has 41 heavy (non-hydrogen) atoms. The van der Waals surface area contributed by atoms with Crippen molar-refractivity contribution in [1.29, 1.82) is 0 Å². The summed E-state index contributed by atoms with van der Waals surface area (Å²) >= 11 is 1.29. The van der Waals surface area contributed by atoms with Crippen molar-refractivity contribution in [3.8, 4) is 17.2 Å². The fourth-order valence-corrected chi connectivity index (χ4v) is 6.54. The molecule has 4 heterocycles. The number of thiophene rings is 1. The van der Waals surface area contributed by atoms with Crippen LogP contribution in [0, 0.1) is 12.8 Å². The summed E-state index contributed by atoms with van der Waals surface area (Å²) in [6.07, 6.45) is 2.98. The zero-order chi connectivity index (χ0) is 28.7. The Kier molecular flexibility index (Phi) is 7.02. The SMILES string of the molecule is C=CC(=O)N1C[C@H](CC(O)=c2sc3nccc4c3c2nc(=O)n4-c2ccc(Oc3ccccc3)cc2C)[C@@H](OC)C1. The molecular weight excluding hydrogens is 540 g/mol. The lowest BCUT2D eigenvalue weighted by molar-refractivity contribution is -0.125. The number of amides is 1. The average molecular weight is 569 g/mol. The van der Waals surface area contributed by atoms with Gasteiger partial charge in [-0.25, -0.2) is 9.78 Å². The monoisotopic (exact) mass is 568 g/mol. The van der Waals surface area contributed by atoms with E-state index in [-0.39, 0.29) is 30.1 Å². The second kappa shape index (κ2) is 10.8. The maximum absolute atomic E-state index is 13.5. The molecular formula is C31H28N4O5S. The second-order valence-electron chi connectivity index (χ2n) is 10.0. The number of aromatic nitrogens is 3. The summed E-state index contributed by atoms with van der Waals surface area (Å²) in [4.78, 5) is 37.0. The highest BCUT2D eigenvalue weighted by Crippen LogP contribution is 2.31. The molecule has 1 fully saturated rings. The van der Waals surface area contributed by atoms with Gasteiger partial charge in [0.2, 0.25) is 5.91 Å². The number of likely N-dealkylation sites (tertiary alicyclic amines) is 1. The van der Waals surface area contributed by atoms with Crippen molar-refractivity contribution in [2.24, 2.45) is 5.92 Å². The van der Waals surface area contributed by atoms with Gasteiger partial charge in [0.1, 0.15) is 27.6 Å². The van der Waals surface area contributed by atoms with Crippen LogP contribution in [-0.4, -0.2) is 56.8 Å². The summed E-state index contributed by atoms with van der Waals surface area (Å²) in [5.41, 5.74) is 2.12. The first-order valence-electron chi connectivity index (χ1n) is 13.2. The van der Waals surface area contributed by atoms with E-state index in [1.165, 1.54) is 17.4 Å². The summed E-state index contributed by atoms with van der Waals surface area (Å²) in [6, 6.07) is 16.8. The minimum absolute atomic E-state index is 0.0949. The summed E-state index contributed by atoms with van der Waals surface area (Å²) in [7, 11) is 1.60. The van der Waals surface area contributed by atoms with E-state index in [9.17, 15) is 14.7 Å². The number of carbonyl (C=O) groups excluding carboxylic acids is 1. The first-order chi connectivity index (χ1) is 19.9. The van der Waals surface area contributed by atoms with Crippen LogP contribution in [0.5, 0.6) is 11.5 Å². The Hall–Kier alpha value is -4.54. The van der Waals surface area contributed by atoms with E-state index in [1.54, 1.807) is 28.8 Å². The predicted molar refractivity (Wildman–Crippen MR) is 159 cm³/mol. The summed E-state index contributed by atoms with van der Waals surface area (Å²) in [6.45, 7) is 6.35. The molecule has 1 aliphatic heterocycles. The van der Waals surface area contributed by atoms with Crippen LogP contribution in [0.2, 0.25) is 0 Å². The van der Waals surface area contributed by atoms with Crippen molar-refractivity contribution in [3.63, 3.8) is 0 Å². The molecule has 2 atom stereocenters. The minimum atomic E-state index is -0.462. The number of rotatable bonds is 7. The van der Waals surface area contributed by atoms with E-state index >= 15 is 0 Å². The molecule has 2 aromatic carbocycles. The van der Waals surface area contributed by atoms with Crippen molar-refractivity contribution in [1.82, 2.24) is 19.4 Å². The molecule has 6 rings (SSSR count). The Balaban J connectivity index is 1.41. The number of carbonyl (C=O) groups is 1. The maximum Gasteiger partial charge on any atom is 0.353 e. The lowest BCUT2D eigenvalue weighted by Gasteiger charge is -2.15. The molecule has 208 valence electrons. The van der Waals surface area contributed by atoms with Gasteiger partial charge in [-0.2, -0.15) is 4.98 Å². The Bertz CT molecular complexity index is 1900. The van der Waals surface area contributed by atoms with Gasteiger partial charge in [0.15, 0.2) is 0 Å².